The number of anilines is 2. The standard InChI is InChI=1S/C13H21N3O/c1-3-7-16(8-4-2)10-5-6-12(14)11(9-10)13(15)17/h5-6,9H,3-4,7-8,14H2,1-2H3,(H2,15,17). The highest BCUT2D eigenvalue weighted by molar-refractivity contribution is 5.99. The minimum absolute atomic E-state index is 0.403. The highest BCUT2D eigenvalue weighted by atomic mass is 16.1. The summed E-state index contributed by atoms with van der Waals surface area (Å²) in [7, 11) is 0. The van der Waals surface area contributed by atoms with E-state index in [-0.39, 0.29) is 0 Å². The Hall–Kier alpha value is -1.71. The quantitative estimate of drug-likeness (QED) is 0.741. The van der Waals surface area contributed by atoms with E-state index in [1.54, 1.807) is 12.1 Å². The van der Waals surface area contributed by atoms with Gasteiger partial charge in [-0.3, -0.25) is 4.79 Å². The molecular weight excluding hydrogens is 214 g/mol. The van der Waals surface area contributed by atoms with Crippen LogP contribution in [0.1, 0.15) is 37.0 Å². The molecule has 17 heavy (non-hydrogen) atoms. The Kier molecular flexibility index (Phi) is 4.82. The fourth-order valence-corrected chi connectivity index (χ4v) is 1.86. The van der Waals surface area contributed by atoms with Crippen molar-refractivity contribution in [1.82, 2.24) is 0 Å². The topological polar surface area (TPSA) is 72.3 Å². The molecule has 94 valence electrons. The Morgan fingerprint density at radius 3 is 2.29 bits per heavy atom. The molecule has 0 radical (unpaired) electrons. The summed E-state index contributed by atoms with van der Waals surface area (Å²) < 4.78 is 0. The van der Waals surface area contributed by atoms with Crippen LogP contribution in [-0.2, 0) is 0 Å². The number of primary amides is 1. The van der Waals surface area contributed by atoms with Crippen LogP contribution >= 0.6 is 0 Å². The van der Waals surface area contributed by atoms with Gasteiger partial charge < -0.3 is 16.4 Å². The zero-order valence-corrected chi connectivity index (χ0v) is 10.6. The van der Waals surface area contributed by atoms with Gasteiger partial charge in [-0.2, -0.15) is 0 Å². The fraction of sp³-hybridized carbons (Fsp3) is 0.462. The third-order valence-corrected chi connectivity index (χ3v) is 2.65. The molecule has 0 atom stereocenters. The third kappa shape index (κ3) is 3.37. The molecule has 1 aromatic rings. The van der Waals surface area contributed by atoms with Gasteiger partial charge in [0.05, 0.1) is 5.56 Å². The SMILES string of the molecule is CCCN(CCC)c1ccc(N)c(C(N)=O)c1. The molecule has 0 unspecified atom stereocenters. The molecule has 4 N–H and O–H groups in total. The molecule has 1 amide bonds. The van der Waals surface area contributed by atoms with E-state index in [4.69, 9.17) is 11.5 Å². The van der Waals surface area contributed by atoms with Gasteiger partial charge in [-0.25, -0.2) is 0 Å². The normalized spacial score (nSPS) is 10.2. The average Bonchev–Trinajstić information content (AvgIpc) is 2.29. The number of benzene rings is 1. The van der Waals surface area contributed by atoms with Crippen LogP contribution in [0, 0.1) is 0 Å². The predicted octanol–water partition coefficient (Wildman–Crippen LogP) is 1.99. The van der Waals surface area contributed by atoms with Crippen molar-refractivity contribution in [1.29, 1.82) is 0 Å². The third-order valence-electron chi connectivity index (χ3n) is 2.65. The van der Waals surface area contributed by atoms with E-state index in [2.05, 4.69) is 18.7 Å². The van der Waals surface area contributed by atoms with Gasteiger partial charge in [0, 0.05) is 24.5 Å². The van der Waals surface area contributed by atoms with E-state index >= 15 is 0 Å². The molecule has 0 bridgehead atoms. The number of carbonyl (C=O) groups excluding carboxylic acids is 1. The van der Waals surface area contributed by atoms with E-state index in [9.17, 15) is 4.79 Å². The molecule has 0 aliphatic heterocycles. The molecule has 0 saturated carbocycles. The number of nitrogens with zero attached hydrogens (tertiary/aromatic N) is 1. The lowest BCUT2D eigenvalue weighted by Crippen LogP contribution is -2.25. The summed E-state index contributed by atoms with van der Waals surface area (Å²) in [5.41, 5.74) is 12.9. The van der Waals surface area contributed by atoms with E-state index < -0.39 is 5.91 Å². The van der Waals surface area contributed by atoms with Crippen LogP contribution in [0.3, 0.4) is 0 Å². The van der Waals surface area contributed by atoms with E-state index in [1.807, 2.05) is 6.07 Å². The van der Waals surface area contributed by atoms with Crippen molar-refractivity contribution in [2.24, 2.45) is 5.73 Å². The first-order valence-electron chi connectivity index (χ1n) is 6.04. The maximum atomic E-state index is 11.2. The highest BCUT2D eigenvalue weighted by Crippen LogP contribution is 2.21. The molecule has 0 aliphatic rings. The van der Waals surface area contributed by atoms with Crippen LogP contribution in [0.15, 0.2) is 18.2 Å². The lowest BCUT2D eigenvalue weighted by Gasteiger charge is -2.24. The number of carbonyl (C=O) groups is 1. The molecule has 1 aromatic carbocycles. The Balaban J connectivity index is 3.03. The van der Waals surface area contributed by atoms with E-state index in [1.165, 1.54) is 0 Å². The fourth-order valence-electron chi connectivity index (χ4n) is 1.86. The Bertz CT molecular complexity index is 384. The van der Waals surface area contributed by atoms with Gasteiger partial charge in [-0.1, -0.05) is 13.8 Å². The van der Waals surface area contributed by atoms with Crippen molar-refractivity contribution in [2.45, 2.75) is 26.7 Å². The van der Waals surface area contributed by atoms with Crippen molar-refractivity contribution >= 4 is 17.3 Å². The molecule has 4 heteroatoms. The Morgan fingerprint density at radius 2 is 1.82 bits per heavy atom. The zero-order valence-electron chi connectivity index (χ0n) is 10.6. The van der Waals surface area contributed by atoms with Crippen LogP contribution in [0.2, 0.25) is 0 Å². The van der Waals surface area contributed by atoms with Gasteiger partial charge in [0.1, 0.15) is 0 Å². The molecule has 0 saturated heterocycles. The molecule has 0 spiro atoms. The summed E-state index contributed by atoms with van der Waals surface area (Å²) >= 11 is 0. The van der Waals surface area contributed by atoms with Crippen LogP contribution in [0.5, 0.6) is 0 Å². The first-order valence-corrected chi connectivity index (χ1v) is 6.04. The van der Waals surface area contributed by atoms with Gasteiger partial charge in [0.15, 0.2) is 0 Å². The lowest BCUT2D eigenvalue weighted by molar-refractivity contribution is 0.100. The van der Waals surface area contributed by atoms with Crippen molar-refractivity contribution in [3.8, 4) is 0 Å². The first kappa shape index (κ1) is 13.4. The predicted molar refractivity (Wildman–Crippen MR) is 72.2 cm³/mol. The Labute approximate surface area is 103 Å². The summed E-state index contributed by atoms with van der Waals surface area (Å²) in [6, 6.07) is 5.46. The largest absolute Gasteiger partial charge is 0.398 e. The van der Waals surface area contributed by atoms with Gasteiger partial charge in [-0.05, 0) is 31.0 Å². The number of nitrogens with two attached hydrogens (primary N) is 2. The van der Waals surface area contributed by atoms with Crippen LogP contribution < -0.4 is 16.4 Å². The van der Waals surface area contributed by atoms with Crippen molar-refractivity contribution in [2.75, 3.05) is 23.7 Å². The Morgan fingerprint density at radius 1 is 1.24 bits per heavy atom. The van der Waals surface area contributed by atoms with Crippen molar-refractivity contribution in [3.05, 3.63) is 23.8 Å². The molecule has 4 nitrogen and oxygen atoms in total. The molecule has 1 rings (SSSR count). The number of hydrogen-bond donors (Lipinski definition) is 2. The van der Waals surface area contributed by atoms with Crippen molar-refractivity contribution < 1.29 is 4.79 Å². The number of amides is 1. The second-order valence-corrected chi connectivity index (χ2v) is 4.12. The smallest absolute Gasteiger partial charge is 0.250 e. The first-order chi connectivity index (χ1) is 8.10. The summed E-state index contributed by atoms with van der Waals surface area (Å²) in [5.74, 6) is -0.475. The van der Waals surface area contributed by atoms with Crippen LogP contribution in [0.4, 0.5) is 11.4 Å². The average molecular weight is 235 g/mol. The summed E-state index contributed by atoms with van der Waals surface area (Å²) in [4.78, 5) is 13.5. The molecule has 0 aliphatic carbocycles. The summed E-state index contributed by atoms with van der Waals surface area (Å²) in [6.45, 7) is 6.20. The van der Waals surface area contributed by atoms with Gasteiger partial charge in [0.2, 0.25) is 0 Å². The minimum Gasteiger partial charge on any atom is -0.398 e. The second-order valence-electron chi connectivity index (χ2n) is 4.12. The number of rotatable bonds is 6. The van der Waals surface area contributed by atoms with Gasteiger partial charge in [0.25, 0.3) is 5.91 Å². The highest BCUT2D eigenvalue weighted by Gasteiger charge is 2.10. The van der Waals surface area contributed by atoms with E-state index in [0.717, 1.165) is 31.6 Å². The monoisotopic (exact) mass is 235 g/mol. The zero-order chi connectivity index (χ0) is 12.8. The summed E-state index contributed by atoms with van der Waals surface area (Å²) in [5, 5.41) is 0. The molecule has 0 heterocycles. The van der Waals surface area contributed by atoms with Gasteiger partial charge >= 0.3 is 0 Å². The number of nitrogen functional groups attached to an aromatic ring is 1. The molecule has 0 aromatic heterocycles. The minimum atomic E-state index is -0.475. The maximum Gasteiger partial charge on any atom is 0.250 e. The summed E-state index contributed by atoms with van der Waals surface area (Å²) in [6.07, 6.45) is 2.13. The van der Waals surface area contributed by atoms with Crippen molar-refractivity contribution in [3.63, 3.8) is 0 Å². The lowest BCUT2D eigenvalue weighted by atomic mass is 10.1. The molecule has 0 fully saturated rings. The second kappa shape index (κ2) is 6.13. The molecular formula is C13H21N3O. The van der Waals surface area contributed by atoms with Gasteiger partial charge in [-0.15, -0.1) is 0 Å². The van der Waals surface area contributed by atoms with E-state index in [0.29, 0.717) is 11.3 Å². The number of hydrogen-bond acceptors (Lipinski definition) is 3. The maximum absolute atomic E-state index is 11.2. The van der Waals surface area contributed by atoms with Crippen LogP contribution in [-0.4, -0.2) is 19.0 Å². The van der Waals surface area contributed by atoms with Crippen LogP contribution in [0.25, 0.3) is 0 Å².